The van der Waals surface area contributed by atoms with Crippen molar-refractivity contribution in [2.24, 2.45) is 0 Å². The highest BCUT2D eigenvalue weighted by Crippen LogP contribution is 2.28. The Morgan fingerprint density at radius 2 is 1.71 bits per heavy atom. The van der Waals surface area contributed by atoms with Crippen LogP contribution in [0, 0.1) is 0 Å². The second-order valence-corrected chi connectivity index (χ2v) is 8.19. The topological polar surface area (TPSA) is 60.0 Å². The molecule has 0 aliphatic carbocycles. The van der Waals surface area contributed by atoms with Crippen LogP contribution in [0.15, 0.2) is 42.5 Å². The predicted molar refractivity (Wildman–Crippen MR) is 121 cm³/mol. The van der Waals surface area contributed by atoms with Crippen LogP contribution in [0.2, 0.25) is 0 Å². The lowest BCUT2D eigenvalue weighted by Gasteiger charge is -2.35. The van der Waals surface area contributed by atoms with Gasteiger partial charge in [0.1, 0.15) is 0 Å². The summed E-state index contributed by atoms with van der Waals surface area (Å²) in [4.78, 5) is 14.9. The van der Waals surface area contributed by atoms with Crippen LogP contribution in [0.4, 0.5) is 0 Å². The molecule has 1 N–H and O–H groups in total. The number of rotatable bonds is 9. The third-order valence-corrected chi connectivity index (χ3v) is 5.57. The summed E-state index contributed by atoms with van der Waals surface area (Å²) in [5.74, 6) is 1.41. The van der Waals surface area contributed by atoms with Gasteiger partial charge in [0.2, 0.25) is 5.91 Å². The minimum atomic E-state index is 0.0400. The quantitative estimate of drug-likeness (QED) is 0.664. The van der Waals surface area contributed by atoms with E-state index in [1.54, 1.807) is 14.2 Å². The van der Waals surface area contributed by atoms with E-state index < -0.39 is 0 Å². The molecule has 6 nitrogen and oxygen atoms in total. The zero-order valence-corrected chi connectivity index (χ0v) is 19.0. The van der Waals surface area contributed by atoms with Crippen LogP contribution in [0.3, 0.4) is 0 Å². The summed E-state index contributed by atoms with van der Waals surface area (Å²) in [6.45, 7) is 7.50. The van der Waals surface area contributed by atoms with Gasteiger partial charge in [0, 0.05) is 32.6 Å². The number of hydrogen-bond acceptors (Lipinski definition) is 5. The molecule has 1 saturated heterocycles. The molecule has 0 unspecified atom stereocenters. The van der Waals surface area contributed by atoms with Gasteiger partial charge in [-0.15, -0.1) is 0 Å². The minimum absolute atomic E-state index is 0.0400. The van der Waals surface area contributed by atoms with Gasteiger partial charge in [-0.05, 0) is 49.1 Å². The number of hydrogen-bond donors (Lipinski definition) is 1. The Balaban J connectivity index is 1.52. The smallest absolute Gasteiger partial charge is 0.220 e. The highest BCUT2D eigenvalue weighted by atomic mass is 16.5. The van der Waals surface area contributed by atoms with Crippen molar-refractivity contribution in [2.45, 2.75) is 52.0 Å². The van der Waals surface area contributed by atoms with Crippen LogP contribution in [-0.2, 0) is 29.0 Å². The highest BCUT2D eigenvalue weighted by molar-refractivity contribution is 5.76. The average Bonchev–Trinajstić information content (AvgIpc) is 2.76. The van der Waals surface area contributed by atoms with E-state index in [0.717, 1.165) is 30.8 Å². The van der Waals surface area contributed by atoms with E-state index in [0.29, 0.717) is 30.9 Å². The van der Waals surface area contributed by atoms with Crippen molar-refractivity contribution in [3.8, 4) is 11.5 Å². The lowest BCUT2D eigenvalue weighted by Crippen LogP contribution is -2.45. The molecule has 0 bridgehead atoms. The van der Waals surface area contributed by atoms with Crippen molar-refractivity contribution in [2.75, 3.05) is 27.3 Å². The summed E-state index contributed by atoms with van der Waals surface area (Å²) in [5, 5.41) is 3.08. The first-order valence-electron chi connectivity index (χ1n) is 10.9. The molecule has 2 atom stereocenters. The molecule has 1 amide bonds. The Bertz CT molecular complexity index is 860. The number of amides is 1. The van der Waals surface area contributed by atoms with E-state index in [2.05, 4.69) is 42.3 Å². The number of ether oxygens (including phenoxy) is 3. The fraction of sp³-hybridized carbons (Fsp3) is 0.480. The summed E-state index contributed by atoms with van der Waals surface area (Å²) >= 11 is 0. The van der Waals surface area contributed by atoms with E-state index in [9.17, 15) is 4.79 Å². The van der Waals surface area contributed by atoms with Crippen LogP contribution in [-0.4, -0.2) is 50.3 Å². The van der Waals surface area contributed by atoms with E-state index in [1.807, 2.05) is 24.3 Å². The zero-order chi connectivity index (χ0) is 22.2. The highest BCUT2D eigenvalue weighted by Gasteiger charge is 2.22. The van der Waals surface area contributed by atoms with Crippen molar-refractivity contribution >= 4 is 5.91 Å². The Morgan fingerprint density at radius 3 is 2.39 bits per heavy atom. The molecular weight excluding hydrogens is 392 g/mol. The molecule has 2 aromatic carbocycles. The van der Waals surface area contributed by atoms with Crippen molar-refractivity contribution in [3.05, 3.63) is 59.2 Å². The van der Waals surface area contributed by atoms with Crippen molar-refractivity contribution in [1.29, 1.82) is 0 Å². The van der Waals surface area contributed by atoms with Gasteiger partial charge in [0.25, 0.3) is 0 Å². The van der Waals surface area contributed by atoms with Crippen LogP contribution >= 0.6 is 0 Å². The standard InChI is InChI=1S/C25H34N2O4/c1-18-15-27(16-19(2)31-18)17-22-8-6-5-7-21(22)14-26-25(28)12-10-20-9-11-23(29-3)24(13-20)30-4/h5-9,11,13,18-19H,10,12,14-17H2,1-4H3,(H,26,28)/t18-,19+. The Morgan fingerprint density at radius 1 is 1.03 bits per heavy atom. The SMILES string of the molecule is COc1ccc(CCC(=O)NCc2ccccc2CN2C[C@@H](C)O[C@@H](C)C2)cc1OC. The van der Waals surface area contributed by atoms with Gasteiger partial charge in [-0.2, -0.15) is 0 Å². The molecule has 1 aliphatic heterocycles. The van der Waals surface area contributed by atoms with Crippen LogP contribution < -0.4 is 14.8 Å². The molecule has 1 aliphatic rings. The third kappa shape index (κ3) is 6.71. The monoisotopic (exact) mass is 426 g/mol. The number of nitrogens with zero attached hydrogens (tertiary/aromatic N) is 1. The van der Waals surface area contributed by atoms with Gasteiger partial charge in [-0.1, -0.05) is 30.3 Å². The van der Waals surface area contributed by atoms with E-state index >= 15 is 0 Å². The lowest BCUT2D eigenvalue weighted by molar-refractivity contribution is -0.121. The lowest BCUT2D eigenvalue weighted by atomic mass is 10.1. The van der Waals surface area contributed by atoms with Gasteiger partial charge in [-0.25, -0.2) is 0 Å². The Labute approximate surface area is 185 Å². The number of benzene rings is 2. The Kier molecular flexibility index (Phi) is 8.32. The largest absolute Gasteiger partial charge is 0.493 e. The minimum Gasteiger partial charge on any atom is -0.493 e. The summed E-state index contributed by atoms with van der Waals surface area (Å²) in [5.41, 5.74) is 3.46. The molecular formula is C25H34N2O4. The summed E-state index contributed by atoms with van der Waals surface area (Å²) in [7, 11) is 3.23. The van der Waals surface area contributed by atoms with Crippen LogP contribution in [0.1, 0.15) is 37.0 Å². The second kappa shape index (κ2) is 11.2. The summed E-state index contributed by atoms with van der Waals surface area (Å²) in [6, 6.07) is 14.1. The Hall–Kier alpha value is -2.57. The van der Waals surface area contributed by atoms with Gasteiger partial charge < -0.3 is 19.5 Å². The van der Waals surface area contributed by atoms with E-state index in [-0.39, 0.29) is 18.1 Å². The number of nitrogens with one attached hydrogen (secondary N) is 1. The predicted octanol–water partition coefficient (Wildman–Crippen LogP) is 3.56. The average molecular weight is 427 g/mol. The van der Waals surface area contributed by atoms with Gasteiger partial charge in [-0.3, -0.25) is 9.69 Å². The molecule has 0 saturated carbocycles. The third-order valence-electron chi connectivity index (χ3n) is 5.57. The van der Waals surface area contributed by atoms with E-state index in [4.69, 9.17) is 14.2 Å². The maximum absolute atomic E-state index is 12.5. The first kappa shape index (κ1) is 23.1. The van der Waals surface area contributed by atoms with Crippen molar-refractivity contribution in [1.82, 2.24) is 10.2 Å². The number of morpholine rings is 1. The molecule has 1 heterocycles. The first-order valence-corrected chi connectivity index (χ1v) is 10.9. The van der Waals surface area contributed by atoms with Gasteiger partial charge in [0.15, 0.2) is 11.5 Å². The fourth-order valence-corrected chi connectivity index (χ4v) is 4.11. The molecule has 3 rings (SSSR count). The van der Waals surface area contributed by atoms with Gasteiger partial charge >= 0.3 is 0 Å². The summed E-state index contributed by atoms with van der Waals surface area (Å²) in [6.07, 6.45) is 1.56. The normalized spacial score (nSPS) is 19.1. The summed E-state index contributed by atoms with van der Waals surface area (Å²) < 4.78 is 16.4. The number of aryl methyl sites for hydroxylation is 1. The molecule has 168 valence electrons. The molecule has 1 fully saturated rings. The van der Waals surface area contributed by atoms with Crippen LogP contribution in [0.5, 0.6) is 11.5 Å². The fourth-order valence-electron chi connectivity index (χ4n) is 4.11. The van der Waals surface area contributed by atoms with E-state index in [1.165, 1.54) is 5.56 Å². The molecule has 31 heavy (non-hydrogen) atoms. The zero-order valence-electron chi connectivity index (χ0n) is 19.0. The number of methoxy groups -OCH3 is 2. The maximum Gasteiger partial charge on any atom is 0.220 e. The van der Waals surface area contributed by atoms with Crippen LogP contribution in [0.25, 0.3) is 0 Å². The van der Waals surface area contributed by atoms with Crippen molar-refractivity contribution < 1.29 is 19.0 Å². The molecule has 2 aromatic rings. The van der Waals surface area contributed by atoms with Gasteiger partial charge in [0.05, 0.1) is 26.4 Å². The molecule has 0 spiro atoms. The number of carbonyl (C=O) groups excluding carboxylic acids is 1. The molecule has 6 heteroatoms. The van der Waals surface area contributed by atoms with Crippen molar-refractivity contribution in [3.63, 3.8) is 0 Å². The molecule has 0 aromatic heterocycles. The number of carbonyl (C=O) groups is 1. The molecule has 0 radical (unpaired) electrons. The first-order chi connectivity index (χ1) is 15.0. The second-order valence-electron chi connectivity index (χ2n) is 8.19. The maximum atomic E-state index is 12.5.